The Morgan fingerprint density at radius 3 is 2.48 bits per heavy atom. The highest BCUT2D eigenvalue weighted by atomic mass is 35.5. The largest absolute Gasteiger partial charge is 0.452 e. The standard InChI is InChI=1S/C18H19Cl2N3O5S/c1-18(2,3)23-29(26,27)14-9-11(6-7-12(14)19)17(25)28-10-15(24)22-13-5-4-8-21-16(13)20/h4-9,23H,10H2,1-3H3,(H,22,24). The molecule has 2 N–H and O–H groups in total. The van der Waals surface area contributed by atoms with Crippen LogP contribution >= 0.6 is 23.2 Å². The first-order valence-corrected chi connectivity index (χ1v) is 10.5. The van der Waals surface area contributed by atoms with Gasteiger partial charge in [0.15, 0.2) is 11.8 Å². The van der Waals surface area contributed by atoms with Crippen LogP contribution in [0, 0.1) is 0 Å². The lowest BCUT2D eigenvalue weighted by atomic mass is 10.1. The summed E-state index contributed by atoms with van der Waals surface area (Å²) in [6.45, 7) is 4.41. The van der Waals surface area contributed by atoms with Crippen molar-refractivity contribution in [3.05, 3.63) is 52.3 Å². The highest BCUT2D eigenvalue weighted by Crippen LogP contribution is 2.24. The third kappa shape index (κ3) is 6.67. The van der Waals surface area contributed by atoms with Crippen LogP contribution in [0.2, 0.25) is 10.2 Å². The van der Waals surface area contributed by atoms with E-state index in [1.54, 1.807) is 26.8 Å². The number of hydrogen-bond donors (Lipinski definition) is 2. The van der Waals surface area contributed by atoms with E-state index in [9.17, 15) is 18.0 Å². The first kappa shape index (κ1) is 23.1. The van der Waals surface area contributed by atoms with E-state index >= 15 is 0 Å². The molecule has 156 valence electrons. The van der Waals surface area contributed by atoms with E-state index in [2.05, 4.69) is 15.0 Å². The van der Waals surface area contributed by atoms with E-state index in [4.69, 9.17) is 27.9 Å². The number of anilines is 1. The van der Waals surface area contributed by atoms with Crippen LogP contribution in [-0.2, 0) is 19.6 Å². The highest BCUT2D eigenvalue weighted by Gasteiger charge is 2.25. The van der Waals surface area contributed by atoms with Crippen LogP contribution in [0.3, 0.4) is 0 Å². The summed E-state index contributed by atoms with van der Waals surface area (Å²) in [7, 11) is -3.97. The molecule has 0 radical (unpaired) electrons. The zero-order chi connectivity index (χ0) is 21.8. The molecule has 0 atom stereocenters. The molecule has 8 nitrogen and oxygen atoms in total. The Kier molecular flexibility index (Phi) is 7.23. The van der Waals surface area contributed by atoms with Gasteiger partial charge in [0.1, 0.15) is 4.90 Å². The fourth-order valence-electron chi connectivity index (χ4n) is 2.17. The molecule has 1 amide bonds. The maximum absolute atomic E-state index is 12.5. The lowest BCUT2D eigenvalue weighted by molar-refractivity contribution is -0.119. The minimum absolute atomic E-state index is 0.0535. The van der Waals surface area contributed by atoms with Gasteiger partial charge in [0.2, 0.25) is 10.0 Å². The number of hydrogen-bond acceptors (Lipinski definition) is 6. The van der Waals surface area contributed by atoms with Crippen molar-refractivity contribution in [1.29, 1.82) is 0 Å². The molecule has 2 rings (SSSR count). The summed E-state index contributed by atoms with van der Waals surface area (Å²) in [5.41, 5.74) is -0.552. The third-order valence-electron chi connectivity index (χ3n) is 3.26. The lowest BCUT2D eigenvalue weighted by Crippen LogP contribution is -2.40. The fraction of sp³-hybridized carbons (Fsp3) is 0.278. The van der Waals surface area contributed by atoms with E-state index in [1.807, 2.05) is 0 Å². The number of nitrogens with zero attached hydrogens (tertiary/aromatic N) is 1. The smallest absolute Gasteiger partial charge is 0.338 e. The molecular weight excluding hydrogens is 441 g/mol. The van der Waals surface area contributed by atoms with Crippen LogP contribution in [-0.4, -0.2) is 37.4 Å². The van der Waals surface area contributed by atoms with Gasteiger partial charge in [0, 0.05) is 11.7 Å². The molecule has 0 spiro atoms. The Labute approximate surface area is 178 Å². The molecule has 0 saturated carbocycles. The van der Waals surface area contributed by atoms with E-state index < -0.39 is 34.0 Å². The number of aromatic nitrogens is 1. The third-order valence-corrected chi connectivity index (χ3v) is 5.81. The summed E-state index contributed by atoms with van der Waals surface area (Å²) < 4.78 is 32.4. The van der Waals surface area contributed by atoms with Gasteiger partial charge < -0.3 is 10.1 Å². The number of ether oxygens (including phenoxy) is 1. The van der Waals surface area contributed by atoms with E-state index in [0.717, 1.165) is 6.07 Å². The maximum Gasteiger partial charge on any atom is 0.338 e. The Morgan fingerprint density at radius 1 is 1.17 bits per heavy atom. The number of carbonyl (C=O) groups excluding carboxylic acids is 2. The Hall–Kier alpha value is -2.20. The van der Waals surface area contributed by atoms with Gasteiger partial charge in [-0.05, 0) is 51.1 Å². The van der Waals surface area contributed by atoms with Crippen LogP contribution in [0.25, 0.3) is 0 Å². The molecule has 1 aromatic carbocycles. The van der Waals surface area contributed by atoms with Gasteiger partial charge in [0.25, 0.3) is 5.91 Å². The lowest BCUT2D eigenvalue weighted by Gasteiger charge is -2.21. The van der Waals surface area contributed by atoms with E-state index in [1.165, 1.54) is 24.4 Å². The van der Waals surface area contributed by atoms with Gasteiger partial charge in [-0.15, -0.1) is 0 Å². The summed E-state index contributed by atoms with van der Waals surface area (Å²) >= 11 is 11.8. The van der Waals surface area contributed by atoms with Crippen molar-refractivity contribution in [1.82, 2.24) is 9.71 Å². The van der Waals surface area contributed by atoms with Gasteiger partial charge in [-0.25, -0.2) is 22.9 Å². The number of amides is 1. The second-order valence-electron chi connectivity index (χ2n) is 6.97. The summed E-state index contributed by atoms with van der Waals surface area (Å²) in [5.74, 6) is -1.52. The number of rotatable bonds is 6. The molecule has 0 fully saturated rings. The summed E-state index contributed by atoms with van der Waals surface area (Å²) in [5, 5.41) is 2.49. The minimum atomic E-state index is -3.97. The number of carbonyl (C=O) groups is 2. The Balaban J connectivity index is 2.10. The Morgan fingerprint density at radius 2 is 1.86 bits per heavy atom. The minimum Gasteiger partial charge on any atom is -0.452 e. The molecule has 0 unspecified atom stereocenters. The van der Waals surface area contributed by atoms with Crippen molar-refractivity contribution >= 4 is 50.8 Å². The van der Waals surface area contributed by atoms with Crippen molar-refractivity contribution in [2.75, 3.05) is 11.9 Å². The fourth-order valence-corrected chi connectivity index (χ4v) is 4.29. The Bertz CT molecular complexity index is 1040. The van der Waals surface area contributed by atoms with Gasteiger partial charge >= 0.3 is 5.97 Å². The molecule has 0 bridgehead atoms. The maximum atomic E-state index is 12.5. The molecule has 0 saturated heterocycles. The number of esters is 1. The summed E-state index contributed by atoms with van der Waals surface area (Å²) in [4.78, 5) is 27.7. The number of sulfonamides is 1. The summed E-state index contributed by atoms with van der Waals surface area (Å²) in [6.07, 6.45) is 1.46. The van der Waals surface area contributed by atoms with Crippen LogP contribution < -0.4 is 10.0 Å². The van der Waals surface area contributed by atoms with E-state index in [-0.39, 0.29) is 26.3 Å². The SMILES string of the molecule is CC(C)(C)NS(=O)(=O)c1cc(C(=O)OCC(=O)Nc2cccnc2Cl)ccc1Cl. The predicted octanol–water partition coefficient (Wildman–Crippen LogP) is 3.26. The molecule has 0 aliphatic rings. The van der Waals surface area contributed by atoms with Crippen LogP contribution in [0.5, 0.6) is 0 Å². The second-order valence-corrected chi connectivity index (χ2v) is 9.38. The van der Waals surface area contributed by atoms with Crippen molar-refractivity contribution in [2.24, 2.45) is 0 Å². The van der Waals surface area contributed by atoms with Crippen molar-refractivity contribution < 1.29 is 22.7 Å². The predicted molar refractivity (Wildman–Crippen MR) is 110 cm³/mol. The zero-order valence-corrected chi connectivity index (χ0v) is 18.2. The zero-order valence-electron chi connectivity index (χ0n) is 15.8. The number of nitrogens with one attached hydrogen (secondary N) is 2. The van der Waals surface area contributed by atoms with Gasteiger partial charge in [-0.1, -0.05) is 23.2 Å². The second kappa shape index (κ2) is 9.08. The number of benzene rings is 1. The topological polar surface area (TPSA) is 114 Å². The van der Waals surface area contributed by atoms with Gasteiger partial charge in [0.05, 0.1) is 16.3 Å². The first-order chi connectivity index (χ1) is 13.4. The normalized spacial score (nSPS) is 11.8. The summed E-state index contributed by atoms with van der Waals surface area (Å²) in [6, 6.07) is 6.78. The average Bonchev–Trinajstić information content (AvgIpc) is 2.60. The molecule has 1 heterocycles. The number of halogens is 2. The van der Waals surface area contributed by atoms with Crippen LogP contribution in [0.15, 0.2) is 41.4 Å². The molecule has 29 heavy (non-hydrogen) atoms. The highest BCUT2D eigenvalue weighted by molar-refractivity contribution is 7.89. The average molecular weight is 460 g/mol. The number of pyridine rings is 1. The van der Waals surface area contributed by atoms with Gasteiger partial charge in [-0.2, -0.15) is 0 Å². The first-order valence-electron chi connectivity index (χ1n) is 8.30. The quantitative estimate of drug-likeness (QED) is 0.505. The molecule has 2 aromatic rings. The van der Waals surface area contributed by atoms with Crippen molar-refractivity contribution in [3.8, 4) is 0 Å². The molecular formula is C18H19Cl2N3O5S. The molecule has 0 aliphatic heterocycles. The van der Waals surface area contributed by atoms with Crippen molar-refractivity contribution in [2.45, 2.75) is 31.2 Å². The molecule has 1 aromatic heterocycles. The van der Waals surface area contributed by atoms with E-state index in [0.29, 0.717) is 0 Å². The molecule has 11 heteroatoms. The van der Waals surface area contributed by atoms with Crippen molar-refractivity contribution in [3.63, 3.8) is 0 Å². The monoisotopic (exact) mass is 459 g/mol. The van der Waals surface area contributed by atoms with Crippen LogP contribution in [0.1, 0.15) is 31.1 Å². The van der Waals surface area contributed by atoms with Gasteiger partial charge in [-0.3, -0.25) is 4.79 Å². The molecule has 0 aliphatic carbocycles. The van der Waals surface area contributed by atoms with Crippen LogP contribution in [0.4, 0.5) is 5.69 Å².